The average molecular weight is 438 g/mol. The third-order valence-electron chi connectivity index (χ3n) is 6.47. The number of carbonyl (C=O) groups excluding carboxylic acids is 3. The zero-order valence-corrected chi connectivity index (χ0v) is 18.1. The largest absolute Gasteiger partial charge is 0.378 e. The second-order valence-corrected chi connectivity index (χ2v) is 8.82. The molecule has 2 fully saturated rings. The fourth-order valence-electron chi connectivity index (χ4n) is 4.60. The van der Waals surface area contributed by atoms with Gasteiger partial charge in [0.25, 0.3) is 11.8 Å². The lowest BCUT2D eigenvalue weighted by Gasteiger charge is -2.44. The minimum absolute atomic E-state index is 0.00460. The van der Waals surface area contributed by atoms with Crippen molar-refractivity contribution in [1.29, 1.82) is 0 Å². The van der Waals surface area contributed by atoms with Crippen molar-refractivity contribution in [2.24, 2.45) is 0 Å². The Balaban J connectivity index is 1.42. The second kappa shape index (κ2) is 8.05. The van der Waals surface area contributed by atoms with Gasteiger partial charge in [-0.15, -0.1) is 0 Å². The van der Waals surface area contributed by atoms with Gasteiger partial charge in [-0.1, -0.05) is 30.3 Å². The van der Waals surface area contributed by atoms with Gasteiger partial charge in [-0.2, -0.15) is 0 Å². The first kappa shape index (κ1) is 20.7. The highest BCUT2D eigenvalue weighted by Gasteiger charge is 2.53. The van der Waals surface area contributed by atoms with Crippen molar-refractivity contribution in [3.8, 4) is 0 Å². The summed E-state index contributed by atoms with van der Waals surface area (Å²) in [5.74, 6) is -0.768. The van der Waals surface area contributed by atoms with Crippen LogP contribution in [0.5, 0.6) is 0 Å². The number of morpholine rings is 1. The normalized spacial score (nSPS) is 23.1. The van der Waals surface area contributed by atoms with E-state index in [-0.39, 0.29) is 41.7 Å². The number of nitrogens with zero attached hydrogens (tertiary/aromatic N) is 4. The van der Waals surface area contributed by atoms with Gasteiger partial charge in [0.15, 0.2) is 5.69 Å². The van der Waals surface area contributed by atoms with Gasteiger partial charge in [-0.25, -0.2) is 4.98 Å². The van der Waals surface area contributed by atoms with Crippen LogP contribution in [0.4, 0.5) is 0 Å². The van der Waals surface area contributed by atoms with Crippen LogP contribution in [0.25, 0.3) is 0 Å². The molecule has 3 aliphatic rings. The van der Waals surface area contributed by atoms with Crippen LogP contribution in [0.3, 0.4) is 0 Å². The van der Waals surface area contributed by atoms with Crippen LogP contribution in [-0.2, 0) is 22.6 Å². The smallest absolute Gasteiger partial charge is 0.275 e. The molecule has 1 aromatic carbocycles. The molecule has 3 amide bonds. The molecule has 3 heterocycles. The summed E-state index contributed by atoms with van der Waals surface area (Å²) in [6, 6.07) is 9.68. The maximum atomic E-state index is 13.7. The molecule has 1 saturated heterocycles. The van der Waals surface area contributed by atoms with Gasteiger partial charge < -0.3 is 24.4 Å². The Kier molecular flexibility index (Phi) is 5.21. The zero-order chi connectivity index (χ0) is 22.3. The quantitative estimate of drug-likeness (QED) is 0.754. The number of carbonyl (C=O) groups is 3. The van der Waals surface area contributed by atoms with E-state index in [0.717, 1.165) is 18.4 Å². The van der Waals surface area contributed by atoms with Crippen molar-refractivity contribution in [2.75, 3.05) is 26.3 Å². The highest BCUT2D eigenvalue weighted by Crippen LogP contribution is 2.39. The Morgan fingerprint density at radius 1 is 1.19 bits per heavy atom. The zero-order valence-electron chi connectivity index (χ0n) is 18.1. The molecule has 2 aromatic rings. The summed E-state index contributed by atoms with van der Waals surface area (Å²) < 4.78 is 6.99. The van der Waals surface area contributed by atoms with Crippen molar-refractivity contribution in [1.82, 2.24) is 24.7 Å². The minimum Gasteiger partial charge on any atom is -0.378 e. The number of rotatable bonds is 5. The van der Waals surface area contributed by atoms with Crippen LogP contribution >= 0.6 is 0 Å². The number of fused-ring (bicyclic) bond motifs is 1. The first-order valence-electron chi connectivity index (χ1n) is 11.1. The van der Waals surface area contributed by atoms with Crippen molar-refractivity contribution >= 4 is 17.7 Å². The predicted octanol–water partition coefficient (Wildman–Crippen LogP) is 1.05. The number of imidazole rings is 1. The summed E-state index contributed by atoms with van der Waals surface area (Å²) >= 11 is 0. The van der Waals surface area contributed by atoms with E-state index in [4.69, 9.17) is 4.74 Å². The van der Waals surface area contributed by atoms with Crippen LogP contribution in [0.2, 0.25) is 0 Å². The molecule has 1 saturated carbocycles. The predicted molar refractivity (Wildman–Crippen MR) is 115 cm³/mol. The van der Waals surface area contributed by atoms with Gasteiger partial charge >= 0.3 is 0 Å². The van der Waals surface area contributed by atoms with E-state index < -0.39 is 5.54 Å². The Morgan fingerprint density at radius 3 is 2.59 bits per heavy atom. The van der Waals surface area contributed by atoms with E-state index in [9.17, 15) is 14.4 Å². The molecule has 9 nitrogen and oxygen atoms in total. The van der Waals surface area contributed by atoms with Gasteiger partial charge in [0.2, 0.25) is 5.91 Å². The van der Waals surface area contributed by atoms with E-state index in [2.05, 4.69) is 10.3 Å². The van der Waals surface area contributed by atoms with E-state index >= 15 is 0 Å². The lowest BCUT2D eigenvalue weighted by molar-refractivity contribution is -0.133. The number of aromatic nitrogens is 2. The Labute approximate surface area is 186 Å². The van der Waals surface area contributed by atoms with Crippen LogP contribution in [-0.4, -0.2) is 75.0 Å². The Bertz CT molecular complexity index is 1040. The Morgan fingerprint density at radius 2 is 1.91 bits per heavy atom. The lowest BCUT2D eigenvalue weighted by atomic mass is 9.93. The van der Waals surface area contributed by atoms with Gasteiger partial charge in [0.05, 0.1) is 26.1 Å². The number of ether oxygens (including phenoxy) is 1. The third kappa shape index (κ3) is 3.56. The van der Waals surface area contributed by atoms with Gasteiger partial charge in [0, 0.05) is 25.7 Å². The summed E-state index contributed by atoms with van der Waals surface area (Å²) in [5, 5.41) is 3.00. The Hall–Kier alpha value is -3.20. The summed E-state index contributed by atoms with van der Waals surface area (Å²) in [6.45, 7) is 4.35. The standard InChI is InChI=1S/C23H27N5O4/c1-23(22(31)24-13-16-5-3-2-4-6-16)14-27-15-25-18(20(29)26-9-11-32-12-10-26)19(27)21(30)28(23)17-7-8-17/h2-6,15,17H,7-14H2,1H3,(H,24,31). The lowest BCUT2D eigenvalue weighted by Crippen LogP contribution is -2.64. The minimum atomic E-state index is -1.06. The molecule has 1 unspecified atom stereocenters. The molecule has 0 spiro atoms. The number of amides is 3. The summed E-state index contributed by atoms with van der Waals surface area (Å²) in [7, 11) is 0. The van der Waals surface area contributed by atoms with Crippen LogP contribution in [0.1, 0.15) is 46.3 Å². The van der Waals surface area contributed by atoms with Gasteiger partial charge in [-0.05, 0) is 25.3 Å². The topological polar surface area (TPSA) is 96.8 Å². The maximum absolute atomic E-state index is 13.7. The average Bonchev–Trinajstić information content (AvgIpc) is 3.56. The third-order valence-corrected chi connectivity index (χ3v) is 6.47. The van der Waals surface area contributed by atoms with Crippen molar-refractivity contribution in [3.05, 3.63) is 53.6 Å². The molecular weight excluding hydrogens is 410 g/mol. The van der Waals surface area contributed by atoms with E-state index in [0.29, 0.717) is 32.8 Å². The summed E-state index contributed by atoms with van der Waals surface area (Å²) in [5.41, 5.74) is 0.377. The van der Waals surface area contributed by atoms with E-state index in [1.165, 1.54) is 6.33 Å². The highest BCUT2D eigenvalue weighted by molar-refractivity contribution is 6.07. The van der Waals surface area contributed by atoms with Gasteiger partial charge in [-0.3, -0.25) is 14.4 Å². The molecule has 5 rings (SSSR count). The van der Waals surface area contributed by atoms with Crippen LogP contribution in [0.15, 0.2) is 36.7 Å². The van der Waals surface area contributed by atoms with Crippen LogP contribution in [0, 0.1) is 0 Å². The summed E-state index contributed by atoms with van der Waals surface area (Å²) in [6.07, 6.45) is 3.22. The maximum Gasteiger partial charge on any atom is 0.275 e. The fraction of sp³-hybridized carbons (Fsp3) is 0.478. The first-order valence-corrected chi connectivity index (χ1v) is 11.1. The molecule has 0 bridgehead atoms. The molecule has 1 aromatic heterocycles. The summed E-state index contributed by atoms with van der Waals surface area (Å²) in [4.78, 5) is 47.7. The van der Waals surface area contributed by atoms with Crippen LogP contribution < -0.4 is 5.32 Å². The molecule has 32 heavy (non-hydrogen) atoms. The highest BCUT2D eigenvalue weighted by atomic mass is 16.5. The SMILES string of the molecule is CC1(C(=O)NCc2ccccc2)Cn2cnc(C(=O)N3CCOCC3)c2C(=O)N1C1CC1. The number of hydrogen-bond donors (Lipinski definition) is 1. The van der Waals surface area contributed by atoms with Crippen molar-refractivity contribution < 1.29 is 19.1 Å². The molecule has 0 radical (unpaired) electrons. The van der Waals surface area contributed by atoms with E-state index in [1.54, 1.807) is 21.3 Å². The number of hydrogen-bond acceptors (Lipinski definition) is 5. The number of nitrogens with one attached hydrogen (secondary N) is 1. The molecule has 1 aliphatic carbocycles. The monoisotopic (exact) mass is 437 g/mol. The fourth-order valence-corrected chi connectivity index (χ4v) is 4.60. The van der Waals surface area contributed by atoms with Crippen molar-refractivity contribution in [2.45, 2.75) is 44.4 Å². The molecule has 2 aliphatic heterocycles. The molecular formula is C23H27N5O4. The molecule has 1 N–H and O–H groups in total. The molecule has 9 heteroatoms. The number of benzene rings is 1. The van der Waals surface area contributed by atoms with Gasteiger partial charge in [0.1, 0.15) is 11.2 Å². The van der Waals surface area contributed by atoms with E-state index in [1.807, 2.05) is 30.3 Å². The first-order chi connectivity index (χ1) is 15.5. The second-order valence-electron chi connectivity index (χ2n) is 8.82. The molecule has 168 valence electrons. The van der Waals surface area contributed by atoms with Crippen molar-refractivity contribution in [3.63, 3.8) is 0 Å². The molecule has 1 atom stereocenters.